The Bertz CT molecular complexity index is 1440. The molecule has 1 aliphatic rings. The number of aromatic nitrogens is 4. The van der Waals surface area contributed by atoms with Gasteiger partial charge in [0.2, 0.25) is 17.7 Å². The number of piperazine rings is 1. The van der Waals surface area contributed by atoms with Crippen LogP contribution in [0.4, 0.5) is 5.69 Å². The Balaban J connectivity index is 1.48. The number of tetrazole rings is 1. The van der Waals surface area contributed by atoms with Crippen LogP contribution in [0.2, 0.25) is 5.02 Å². The van der Waals surface area contributed by atoms with E-state index in [2.05, 4.69) is 26.2 Å². The minimum absolute atomic E-state index is 0.0234. The molecule has 2 aromatic carbocycles. The van der Waals surface area contributed by atoms with Crippen molar-refractivity contribution in [2.75, 3.05) is 44.6 Å². The number of carboxylic acids is 1. The van der Waals surface area contributed by atoms with Crippen molar-refractivity contribution in [1.29, 1.82) is 0 Å². The molecule has 1 fully saturated rings. The van der Waals surface area contributed by atoms with E-state index in [-0.39, 0.29) is 24.5 Å². The first-order valence-electron chi connectivity index (χ1n) is 13.0. The molecule has 3 aromatic rings. The molecule has 14 nitrogen and oxygen atoms in total. The van der Waals surface area contributed by atoms with E-state index in [4.69, 9.17) is 21.8 Å². The number of anilines is 1. The lowest BCUT2D eigenvalue weighted by Crippen LogP contribution is -2.52. The van der Waals surface area contributed by atoms with Crippen LogP contribution in [-0.4, -0.2) is 109 Å². The molecule has 2 heterocycles. The van der Waals surface area contributed by atoms with Gasteiger partial charge in [0.1, 0.15) is 12.4 Å². The summed E-state index contributed by atoms with van der Waals surface area (Å²) >= 11 is 6.14. The summed E-state index contributed by atoms with van der Waals surface area (Å²) in [7, 11) is 0. The number of benzene rings is 2. The van der Waals surface area contributed by atoms with E-state index in [9.17, 15) is 19.2 Å². The van der Waals surface area contributed by atoms with Crippen molar-refractivity contribution in [2.24, 2.45) is 0 Å². The first-order chi connectivity index (χ1) is 20.2. The molecule has 220 valence electrons. The van der Waals surface area contributed by atoms with Crippen molar-refractivity contribution >= 4 is 47.1 Å². The van der Waals surface area contributed by atoms with Gasteiger partial charge in [-0.15, -0.1) is 5.10 Å². The summed E-state index contributed by atoms with van der Waals surface area (Å²) < 4.78 is 1.40. The zero-order valence-corrected chi connectivity index (χ0v) is 23.1. The van der Waals surface area contributed by atoms with E-state index >= 15 is 0 Å². The van der Waals surface area contributed by atoms with E-state index in [1.807, 2.05) is 4.90 Å². The van der Waals surface area contributed by atoms with E-state index in [1.54, 1.807) is 23.1 Å². The van der Waals surface area contributed by atoms with Gasteiger partial charge in [-0.25, -0.2) is 4.79 Å². The van der Waals surface area contributed by atoms with Crippen LogP contribution >= 0.6 is 11.6 Å². The number of amides is 3. The van der Waals surface area contributed by atoms with E-state index in [0.29, 0.717) is 54.7 Å². The van der Waals surface area contributed by atoms with Crippen LogP contribution in [0.5, 0.6) is 0 Å². The Morgan fingerprint density at radius 3 is 2.43 bits per heavy atom. The number of β-amino-alcohol motifs (C(OH)–C–C–N with tert-alkyl or cyclic N) is 1. The van der Waals surface area contributed by atoms with Gasteiger partial charge in [-0.2, -0.15) is 4.68 Å². The maximum absolute atomic E-state index is 13.2. The number of rotatable bonds is 11. The fraction of sp³-hybridized carbons (Fsp3) is 0.296. The smallest absolute Gasteiger partial charge is 0.335 e. The van der Waals surface area contributed by atoms with Gasteiger partial charge >= 0.3 is 5.97 Å². The van der Waals surface area contributed by atoms with Crippen molar-refractivity contribution in [3.05, 3.63) is 71.0 Å². The minimum atomic E-state index is -1.23. The van der Waals surface area contributed by atoms with Gasteiger partial charge in [-0.3, -0.25) is 19.3 Å². The third kappa shape index (κ3) is 8.19. The van der Waals surface area contributed by atoms with Crippen LogP contribution in [0.1, 0.15) is 22.3 Å². The SMILES string of the molecule is O=C(/C=C/c1cc(Cl)ccc1-n1cnnn1)N[C@@H](CC(=O)N1CCN(CCO)CC1)C(=O)Nc1ccc(C(=O)O)cc1. The Labute approximate surface area is 245 Å². The first-order valence-corrected chi connectivity index (χ1v) is 13.4. The molecule has 15 heteroatoms. The highest BCUT2D eigenvalue weighted by Gasteiger charge is 2.28. The van der Waals surface area contributed by atoms with Crippen molar-refractivity contribution in [1.82, 2.24) is 35.3 Å². The lowest BCUT2D eigenvalue weighted by Gasteiger charge is -2.35. The second-order valence-corrected chi connectivity index (χ2v) is 9.81. The zero-order valence-electron chi connectivity index (χ0n) is 22.4. The van der Waals surface area contributed by atoms with Crippen molar-refractivity contribution < 1.29 is 29.4 Å². The summed E-state index contributed by atoms with van der Waals surface area (Å²) in [5, 5.41) is 35.0. The minimum Gasteiger partial charge on any atom is -0.478 e. The van der Waals surface area contributed by atoms with Gasteiger partial charge in [-0.05, 0) is 59.0 Å². The molecule has 0 radical (unpaired) electrons. The van der Waals surface area contributed by atoms with E-state index in [1.165, 1.54) is 47.4 Å². The molecule has 1 saturated heterocycles. The third-order valence-electron chi connectivity index (χ3n) is 6.55. The summed E-state index contributed by atoms with van der Waals surface area (Å²) in [5.74, 6) is -2.72. The van der Waals surface area contributed by atoms with Gasteiger partial charge in [-0.1, -0.05) is 11.6 Å². The summed E-state index contributed by atoms with van der Waals surface area (Å²) in [4.78, 5) is 54.1. The molecule has 1 aliphatic heterocycles. The predicted molar refractivity (Wildman–Crippen MR) is 152 cm³/mol. The van der Waals surface area contributed by atoms with Crippen LogP contribution < -0.4 is 10.6 Å². The maximum Gasteiger partial charge on any atom is 0.335 e. The van der Waals surface area contributed by atoms with Crippen LogP contribution in [0.3, 0.4) is 0 Å². The fourth-order valence-corrected chi connectivity index (χ4v) is 4.51. The Morgan fingerprint density at radius 2 is 1.79 bits per heavy atom. The number of carbonyl (C=O) groups excluding carboxylic acids is 3. The van der Waals surface area contributed by atoms with Crippen molar-refractivity contribution in [2.45, 2.75) is 12.5 Å². The van der Waals surface area contributed by atoms with Crippen LogP contribution in [0.25, 0.3) is 11.8 Å². The van der Waals surface area contributed by atoms with Gasteiger partial charge in [0.15, 0.2) is 0 Å². The lowest BCUT2D eigenvalue weighted by atomic mass is 10.1. The number of aliphatic hydroxyl groups is 1. The van der Waals surface area contributed by atoms with Crippen LogP contribution in [0.15, 0.2) is 54.9 Å². The number of hydrogen-bond acceptors (Lipinski definition) is 9. The zero-order chi connectivity index (χ0) is 30.1. The molecule has 1 aromatic heterocycles. The highest BCUT2D eigenvalue weighted by molar-refractivity contribution is 6.30. The predicted octanol–water partition coefficient (Wildman–Crippen LogP) is 0.677. The monoisotopic (exact) mass is 596 g/mol. The summed E-state index contributed by atoms with van der Waals surface area (Å²) in [6, 6.07) is 9.21. The largest absolute Gasteiger partial charge is 0.478 e. The average Bonchev–Trinajstić information content (AvgIpc) is 3.51. The third-order valence-corrected chi connectivity index (χ3v) is 6.79. The molecule has 0 saturated carbocycles. The quantitative estimate of drug-likeness (QED) is 0.230. The van der Waals surface area contributed by atoms with Gasteiger partial charge in [0, 0.05) is 55.1 Å². The number of nitrogens with one attached hydrogen (secondary N) is 2. The number of nitrogens with zero attached hydrogens (tertiary/aromatic N) is 6. The molecular formula is C27H29ClN8O6. The fourth-order valence-electron chi connectivity index (χ4n) is 4.33. The van der Waals surface area contributed by atoms with E-state index < -0.39 is 23.8 Å². The van der Waals surface area contributed by atoms with E-state index in [0.717, 1.165) is 0 Å². The average molecular weight is 597 g/mol. The lowest BCUT2D eigenvalue weighted by molar-refractivity contribution is -0.136. The van der Waals surface area contributed by atoms with Crippen molar-refractivity contribution in [3.8, 4) is 5.69 Å². The first kappa shape index (κ1) is 30.3. The second-order valence-electron chi connectivity index (χ2n) is 9.37. The van der Waals surface area contributed by atoms with Crippen LogP contribution in [0, 0.1) is 0 Å². The number of hydrogen-bond donors (Lipinski definition) is 4. The molecule has 0 aliphatic carbocycles. The molecule has 4 N–H and O–H groups in total. The normalized spacial score (nSPS) is 14.5. The molecule has 0 bridgehead atoms. The topological polar surface area (TPSA) is 183 Å². The number of aromatic carboxylic acids is 1. The molecule has 42 heavy (non-hydrogen) atoms. The molecule has 4 rings (SSSR count). The number of aliphatic hydroxyl groups excluding tert-OH is 1. The highest BCUT2D eigenvalue weighted by atomic mass is 35.5. The highest BCUT2D eigenvalue weighted by Crippen LogP contribution is 2.20. The van der Waals surface area contributed by atoms with Gasteiger partial charge in [0.05, 0.1) is 24.3 Å². The number of carboxylic acid groups (broad SMARTS) is 1. The summed E-state index contributed by atoms with van der Waals surface area (Å²) in [6.07, 6.45) is 3.78. The van der Waals surface area contributed by atoms with Gasteiger partial charge < -0.3 is 25.7 Å². The molecule has 0 unspecified atom stereocenters. The van der Waals surface area contributed by atoms with Crippen LogP contribution in [-0.2, 0) is 14.4 Å². The number of carbonyl (C=O) groups is 4. The Morgan fingerprint density at radius 1 is 1.05 bits per heavy atom. The van der Waals surface area contributed by atoms with Gasteiger partial charge in [0.25, 0.3) is 0 Å². The standard InChI is InChI=1S/C27H29ClN8O6/c28-20-4-7-23(36-17-29-32-33-36)19(15-20)3-8-24(38)31-22(16-25(39)35-11-9-34(10-12-35)13-14-37)26(40)30-21-5-1-18(2-6-21)27(41)42/h1-8,15,17,22,37H,9-14,16H2,(H,30,40)(H,31,38)(H,41,42)/b8-3+/t22-/m0/s1. The Kier molecular flexibility index (Phi) is 10.3. The summed E-state index contributed by atoms with van der Waals surface area (Å²) in [5.41, 5.74) is 1.43. The molecule has 3 amide bonds. The van der Waals surface area contributed by atoms with Crippen molar-refractivity contribution in [3.63, 3.8) is 0 Å². The summed E-state index contributed by atoms with van der Waals surface area (Å²) in [6.45, 7) is 2.54. The maximum atomic E-state index is 13.2. The number of halogens is 1. The second kappa shape index (κ2) is 14.3. The Hall–Kier alpha value is -4.66. The molecule has 0 spiro atoms. The molecular weight excluding hydrogens is 568 g/mol. The molecule has 1 atom stereocenters.